The molecule has 0 amide bonds. The van der Waals surface area contributed by atoms with Crippen LogP contribution in [0.25, 0.3) is 0 Å². The van der Waals surface area contributed by atoms with E-state index in [0.717, 1.165) is 0 Å². The monoisotopic (exact) mass is 305 g/mol. The van der Waals surface area contributed by atoms with Gasteiger partial charge in [0.05, 0.1) is 0 Å². The molecule has 0 unspecified atom stereocenters. The van der Waals surface area contributed by atoms with Gasteiger partial charge >= 0.3 is 0 Å². The van der Waals surface area contributed by atoms with E-state index in [2.05, 4.69) is 31.1 Å². The molecular weight excluding hydrogens is 266 g/mol. The number of aromatic nitrogens is 1. The lowest BCUT2D eigenvalue weighted by molar-refractivity contribution is 0.535. The minimum absolute atomic E-state index is 1.26. The molecule has 1 nitrogen and oxygen atoms in total. The average molecular weight is 306 g/mol. The van der Waals surface area contributed by atoms with Crippen molar-refractivity contribution < 1.29 is 0 Å². The Labute approximate surface area is 139 Å². The van der Waals surface area contributed by atoms with Gasteiger partial charge < -0.3 is 4.98 Å². The zero-order chi connectivity index (χ0) is 15.9. The Hall–Kier alpha value is -0.720. The highest BCUT2D eigenvalue weighted by Crippen LogP contribution is 2.14. The molecule has 1 rings (SSSR count). The van der Waals surface area contributed by atoms with Gasteiger partial charge in [-0.3, -0.25) is 0 Å². The third kappa shape index (κ3) is 10.1. The van der Waals surface area contributed by atoms with E-state index in [0.29, 0.717) is 0 Å². The summed E-state index contributed by atoms with van der Waals surface area (Å²) < 4.78 is 0. The molecule has 0 fully saturated rings. The predicted octanol–water partition coefficient (Wildman–Crippen LogP) is 7.35. The number of hydrogen-bond acceptors (Lipinski definition) is 0. The fourth-order valence-corrected chi connectivity index (χ4v) is 3.27. The summed E-state index contributed by atoms with van der Waals surface area (Å²) in [5.74, 6) is 0. The van der Waals surface area contributed by atoms with Crippen LogP contribution in [-0.4, -0.2) is 4.98 Å². The second kappa shape index (κ2) is 13.9. The number of H-pyrrole nitrogens is 1. The lowest BCUT2D eigenvalue weighted by Gasteiger charge is -2.03. The molecule has 1 aromatic rings. The van der Waals surface area contributed by atoms with Crippen molar-refractivity contribution in [3.05, 3.63) is 23.5 Å². The first-order valence-corrected chi connectivity index (χ1v) is 9.97. The van der Waals surface area contributed by atoms with Gasteiger partial charge in [-0.25, -0.2) is 0 Å². The topological polar surface area (TPSA) is 15.8 Å². The van der Waals surface area contributed by atoms with Crippen LogP contribution >= 0.6 is 0 Å². The second-order valence-electron chi connectivity index (χ2n) is 6.97. The lowest BCUT2D eigenvalue weighted by Crippen LogP contribution is -1.87. The maximum absolute atomic E-state index is 3.27. The average Bonchev–Trinajstić information content (AvgIpc) is 2.93. The van der Waals surface area contributed by atoms with Gasteiger partial charge in [0.2, 0.25) is 0 Å². The van der Waals surface area contributed by atoms with Crippen molar-refractivity contribution >= 4 is 0 Å². The van der Waals surface area contributed by atoms with E-state index >= 15 is 0 Å². The number of aryl methyl sites for hydroxylation is 2. The van der Waals surface area contributed by atoms with Crippen LogP contribution in [0.3, 0.4) is 0 Å². The van der Waals surface area contributed by atoms with Gasteiger partial charge in [-0.2, -0.15) is 0 Å². The van der Waals surface area contributed by atoms with E-state index in [1.165, 1.54) is 108 Å². The standard InChI is InChI=1S/C21H39N/c1-3-4-5-6-7-8-9-10-11-12-13-14-15-16-17-21-18-19-22-20(21)2/h18-19,22H,3-17H2,1-2H3. The number of rotatable bonds is 15. The summed E-state index contributed by atoms with van der Waals surface area (Å²) in [7, 11) is 0. The Morgan fingerprint density at radius 1 is 0.682 bits per heavy atom. The third-order valence-electron chi connectivity index (χ3n) is 4.87. The Kier molecular flexibility index (Phi) is 12.2. The molecule has 0 saturated heterocycles. The molecule has 0 aliphatic heterocycles. The summed E-state index contributed by atoms with van der Waals surface area (Å²) in [4.78, 5) is 3.27. The Morgan fingerprint density at radius 3 is 1.55 bits per heavy atom. The lowest BCUT2D eigenvalue weighted by atomic mass is 10.0. The van der Waals surface area contributed by atoms with Gasteiger partial charge in [0, 0.05) is 11.9 Å². The molecule has 0 aromatic carbocycles. The zero-order valence-corrected chi connectivity index (χ0v) is 15.3. The highest BCUT2D eigenvalue weighted by molar-refractivity contribution is 5.18. The number of hydrogen-bond donors (Lipinski definition) is 1. The van der Waals surface area contributed by atoms with Gasteiger partial charge in [0.15, 0.2) is 0 Å². The maximum atomic E-state index is 3.27. The van der Waals surface area contributed by atoms with Crippen molar-refractivity contribution in [1.82, 2.24) is 4.98 Å². The first kappa shape index (κ1) is 19.3. The van der Waals surface area contributed by atoms with Gasteiger partial charge in [-0.1, -0.05) is 90.4 Å². The SMILES string of the molecule is CCCCCCCCCCCCCCCCc1cc[nH]c1C. The first-order valence-electron chi connectivity index (χ1n) is 9.97. The van der Waals surface area contributed by atoms with Crippen LogP contribution in [0, 0.1) is 6.92 Å². The van der Waals surface area contributed by atoms with Crippen LogP contribution < -0.4 is 0 Å². The molecule has 0 spiro atoms. The fraction of sp³-hybridized carbons (Fsp3) is 0.810. The molecule has 0 atom stereocenters. The molecule has 0 radical (unpaired) electrons. The van der Waals surface area contributed by atoms with Crippen LogP contribution in [0.1, 0.15) is 108 Å². The molecular formula is C21H39N. The van der Waals surface area contributed by atoms with Gasteiger partial charge in [0.1, 0.15) is 0 Å². The Morgan fingerprint density at radius 2 is 1.14 bits per heavy atom. The predicted molar refractivity (Wildman–Crippen MR) is 99.5 cm³/mol. The van der Waals surface area contributed by atoms with E-state index in [1.54, 1.807) is 0 Å². The smallest absolute Gasteiger partial charge is 0.0148 e. The molecule has 1 N–H and O–H groups in total. The van der Waals surface area contributed by atoms with Crippen LogP contribution in [0.15, 0.2) is 12.3 Å². The minimum atomic E-state index is 1.26. The second-order valence-corrected chi connectivity index (χ2v) is 6.97. The quantitative estimate of drug-likeness (QED) is 0.326. The van der Waals surface area contributed by atoms with E-state index in [4.69, 9.17) is 0 Å². The van der Waals surface area contributed by atoms with Crippen molar-refractivity contribution in [2.75, 3.05) is 0 Å². The molecule has 1 heteroatoms. The summed E-state index contributed by atoms with van der Waals surface area (Å²) in [5, 5.41) is 0. The van der Waals surface area contributed by atoms with E-state index < -0.39 is 0 Å². The van der Waals surface area contributed by atoms with Crippen molar-refractivity contribution in [3.8, 4) is 0 Å². The molecule has 0 bridgehead atoms. The van der Waals surface area contributed by atoms with Crippen molar-refractivity contribution in [1.29, 1.82) is 0 Å². The zero-order valence-electron chi connectivity index (χ0n) is 15.3. The van der Waals surface area contributed by atoms with Crippen LogP contribution in [-0.2, 0) is 6.42 Å². The summed E-state index contributed by atoms with van der Waals surface area (Å²) in [5.41, 5.74) is 2.87. The Bertz CT molecular complexity index is 339. The van der Waals surface area contributed by atoms with Gasteiger partial charge in [-0.05, 0) is 31.4 Å². The van der Waals surface area contributed by atoms with Gasteiger partial charge in [-0.15, -0.1) is 0 Å². The fourth-order valence-electron chi connectivity index (χ4n) is 3.27. The van der Waals surface area contributed by atoms with Crippen LogP contribution in [0.5, 0.6) is 0 Å². The molecule has 0 aliphatic rings. The summed E-state index contributed by atoms with van der Waals surface area (Å²) in [6, 6.07) is 2.23. The van der Waals surface area contributed by atoms with Crippen LogP contribution in [0.2, 0.25) is 0 Å². The van der Waals surface area contributed by atoms with E-state index in [1.807, 2.05) is 0 Å². The van der Waals surface area contributed by atoms with Crippen LogP contribution in [0.4, 0.5) is 0 Å². The normalized spacial score (nSPS) is 11.2. The maximum Gasteiger partial charge on any atom is 0.0148 e. The molecule has 0 saturated carbocycles. The van der Waals surface area contributed by atoms with Gasteiger partial charge in [0.25, 0.3) is 0 Å². The van der Waals surface area contributed by atoms with Crippen molar-refractivity contribution in [3.63, 3.8) is 0 Å². The summed E-state index contributed by atoms with van der Waals surface area (Å²) in [6.45, 7) is 4.47. The summed E-state index contributed by atoms with van der Waals surface area (Å²) >= 11 is 0. The number of aromatic amines is 1. The van der Waals surface area contributed by atoms with E-state index in [9.17, 15) is 0 Å². The molecule has 1 aromatic heterocycles. The highest BCUT2D eigenvalue weighted by atomic mass is 14.7. The minimum Gasteiger partial charge on any atom is -0.365 e. The van der Waals surface area contributed by atoms with Crippen molar-refractivity contribution in [2.24, 2.45) is 0 Å². The summed E-state index contributed by atoms with van der Waals surface area (Å²) in [6.07, 6.45) is 23.5. The molecule has 128 valence electrons. The van der Waals surface area contributed by atoms with E-state index in [-0.39, 0.29) is 0 Å². The number of unbranched alkanes of at least 4 members (excludes halogenated alkanes) is 13. The third-order valence-corrected chi connectivity index (χ3v) is 4.87. The highest BCUT2D eigenvalue weighted by Gasteiger charge is 1.98. The molecule has 0 aliphatic carbocycles. The number of nitrogens with one attached hydrogen (secondary N) is 1. The molecule has 1 heterocycles. The largest absolute Gasteiger partial charge is 0.365 e. The first-order chi connectivity index (χ1) is 10.8. The molecule has 22 heavy (non-hydrogen) atoms. The van der Waals surface area contributed by atoms with Crippen molar-refractivity contribution in [2.45, 2.75) is 110 Å². The Balaban J connectivity index is 1.74.